The first kappa shape index (κ1) is 12.5. The van der Waals surface area contributed by atoms with Gasteiger partial charge in [-0.15, -0.1) is 0 Å². The minimum Gasteiger partial charge on any atom is -0.384 e. The third-order valence-electron chi connectivity index (χ3n) is 3.08. The molecule has 1 aliphatic carbocycles. The minimum atomic E-state index is -3.29. The Labute approximate surface area is 100 Å². The normalized spacial score (nSPS) is 19.9. The van der Waals surface area contributed by atoms with E-state index >= 15 is 0 Å². The summed E-state index contributed by atoms with van der Waals surface area (Å²) in [5.74, 6) is -0.745. The zero-order valence-electron chi connectivity index (χ0n) is 9.56. The summed E-state index contributed by atoms with van der Waals surface area (Å²) in [4.78, 5) is 0. The lowest BCUT2D eigenvalue weighted by Crippen LogP contribution is -2.36. The molecule has 0 bridgehead atoms. The summed E-state index contributed by atoms with van der Waals surface area (Å²) < 4.78 is 35.6. The highest BCUT2D eigenvalue weighted by atomic mass is 32.2. The fraction of sp³-hybridized carbons (Fsp3) is 0.500. The van der Waals surface area contributed by atoms with Crippen LogP contribution in [0.2, 0.25) is 0 Å². The minimum absolute atomic E-state index is 0.0392. The molecule has 94 valence electrons. The second kappa shape index (κ2) is 4.07. The molecule has 1 aromatic rings. The zero-order valence-corrected chi connectivity index (χ0v) is 10.4. The molecule has 5 heteroatoms. The van der Waals surface area contributed by atoms with E-state index < -0.39 is 21.3 Å². The lowest BCUT2D eigenvalue weighted by atomic mass is 9.91. The van der Waals surface area contributed by atoms with Gasteiger partial charge in [-0.1, -0.05) is 12.1 Å². The van der Waals surface area contributed by atoms with Crippen molar-refractivity contribution in [2.24, 2.45) is 5.92 Å². The van der Waals surface area contributed by atoms with Crippen molar-refractivity contribution in [3.8, 4) is 0 Å². The second-order valence-electron chi connectivity index (χ2n) is 4.78. The van der Waals surface area contributed by atoms with Crippen LogP contribution in [0.15, 0.2) is 24.3 Å². The molecular formula is C12H15FO3S. The van der Waals surface area contributed by atoms with Gasteiger partial charge in [-0.2, -0.15) is 0 Å². The number of rotatable bonds is 4. The average molecular weight is 258 g/mol. The molecule has 2 rings (SSSR count). The fourth-order valence-corrected chi connectivity index (χ4v) is 3.34. The first-order chi connectivity index (χ1) is 7.81. The molecule has 0 aliphatic heterocycles. The zero-order chi connectivity index (χ0) is 12.7. The molecule has 1 saturated carbocycles. The Hall–Kier alpha value is -0.940. The Kier molecular flexibility index (Phi) is 2.99. The highest BCUT2D eigenvalue weighted by Gasteiger charge is 2.47. The molecule has 0 spiro atoms. The van der Waals surface area contributed by atoms with Gasteiger partial charge in [0.2, 0.25) is 0 Å². The van der Waals surface area contributed by atoms with Crippen molar-refractivity contribution in [2.45, 2.75) is 18.4 Å². The number of halogens is 1. The summed E-state index contributed by atoms with van der Waals surface area (Å²) in [5, 5.41) is 10.5. The number of hydrogen-bond acceptors (Lipinski definition) is 3. The van der Waals surface area contributed by atoms with Crippen molar-refractivity contribution >= 4 is 9.84 Å². The summed E-state index contributed by atoms with van der Waals surface area (Å²) in [6.45, 7) is 0. The van der Waals surface area contributed by atoms with Crippen LogP contribution in [-0.2, 0) is 15.4 Å². The van der Waals surface area contributed by atoms with Crippen LogP contribution < -0.4 is 0 Å². The summed E-state index contributed by atoms with van der Waals surface area (Å²) in [7, 11) is -3.29. The SMILES string of the molecule is CS(=O)(=O)C[C@](O)(c1ccc(F)cc1)C1CC1. The molecule has 1 aliphatic rings. The third-order valence-corrected chi connectivity index (χ3v) is 4.04. The quantitative estimate of drug-likeness (QED) is 0.889. The number of benzene rings is 1. The van der Waals surface area contributed by atoms with E-state index in [-0.39, 0.29) is 11.7 Å². The molecule has 1 aromatic carbocycles. The molecule has 17 heavy (non-hydrogen) atoms. The monoisotopic (exact) mass is 258 g/mol. The van der Waals surface area contributed by atoms with Gasteiger partial charge in [0.05, 0.1) is 5.75 Å². The van der Waals surface area contributed by atoms with Crippen molar-refractivity contribution in [3.63, 3.8) is 0 Å². The molecule has 0 radical (unpaired) electrons. The maximum atomic E-state index is 12.8. The van der Waals surface area contributed by atoms with E-state index in [0.717, 1.165) is 19.1 Å². The van der Waals surface area contributed by atoms with Crippen molar-refractivity contribution in [3.05, 3.63) is 35.6 Å². The van der Waals surface area contributed by atoms with Gasteiger partial charge in [0, 0.05) is 6.26 Å². The first-order valence-corrected chi connectivity index (χ1v) is 7.53. The molecule has 3 nitrogen and oxygen atoms in total. The Balaban J connectivity index is 2.37. The van der Waals surface area contributed by atoms with Gasteiger partial charge < -0.3 is 5.11 Å². The molecule has 1 fully saturated rings. The second-order valence-corrected chi connectivity index (χ2v) is 6.92. The highest BCUT2D eigenvalue weighted by Crippen LogP contribution is 2.46. The van der Waals surface area contributed by atoms with Gasteiger partial charge in [-0.05, 0) is 36.5 Å². The summed E-state index contributed by atoms with van der Waals surface area (Å²) >= 11 is 0. The van der Waals surface area contributed by atoms with E-state index in [1.54, 1.807) is 0 Å². The van der Waals surface area contributed by atoms with Gasteiger partial charge in [0.1, 0.15) is 11.4 Å². The van der Waals surface area contributed by atoms with Gasteiger partial charge >= 0.3 is 0 Å². The van der Waals surface area contributed by atoms with Crippen molar-refractivity contribution < 1.29 is 17.9 Å². The van der Waals surface area contributed by atoms with Gasteiger partial charge in [-0.3, -0.25) is 0 Å². The average Bonchev–Trinajstić information content (AvgIpc) is 2.98. The Morgan fingerprint density at radius 1 is 1.35 bits per heavy atom. The predicted octanol–water partition coefficient (Wildman–Crippen LogP) is 1.47. The number of sulfone groups is 1. The van der Waals surface area contributed by atoms with E-state index in [1.807, 2.05) is 0 Å². The Morgan fingerprint density at radius 2 is 1.88 bits per heavy atom. The van der Waals surface area contributed by atoms with Crippen molar-refractivity contribution in [1.29, 1.82) is 0 Å². The van der Waals surface area contributed by atoms with E-state index in [1.165, 1.54) is 24.3 Å². The smallest absolute Gasteiger partial charge is 0.150 e. The Morgan fingerprint density at radius 3 is 2.29 bits per heavy atom. The van der Waals surface area contributed by atoms with Crippen LogP contribution in [0, 0.1) is 11.7 Å². The molecule has 1 N–H and O–H groups in total. The summed E-state index contributed by atoms with van der Waals surface area (Å²) in [6.07, 6.45) is 2.72. The summed E-state index contributed by atoms with van der Waals surface area (Å²) in [6, 6.07) is 5.40. The lowest BCUT2D eigenvalue weighted by Gasteiger charge is -2.27. The molecule has 0 unspecified atom stereocenters. The van der Waals surface area contributed by atoms with E-state index in [9.17, 15) is 17.9 Å². The van der Waals surface area contributed by atoms with Gasteiger partial charge in [0.15, 0.2) is 9.84 Å². The maximum Gasteiger partial charge on any atom is 0.150 e. The molecule has 0 amide bonds. The van der Waals surface area contributed by atoms with Crippen LogP contribution in [0.25, 0.3) is 0 Å². The maximum absolute atomic E-state index is 12.8. The van der Waals surface area contributed by atoms with Crippen LogP contribution in [0.3, 0.4) is 0 Å². The fourth-order valence-electron chi connectivity index (χ4n) is 2.14. The molecule has 0 aromatic heterocycles. The highest BCUT2D eigenvalue weighted by molar-refractivity contribution is 7.90. The standard InChI is InChI=1S/C12H15FO3S/c1-17(15,16)8-12(14,9-2-3-9)10-4-6-11(13)7-5-10/h4-7,9,14H,2-3,8H2,1H3/t12-/m1/s1. The van der Waals surface area contributed by atoms with E-state index in [4.69, 9.17) is 0 Å². The van der Waals surface area contributed by atoms with Crippen LogP contribution in [0.4, 0.5) is 4.39 Å². The van der Waals surface area contributed by atoms with Crippen LogP contribution in [0.5, 0.6) is 0 Å². The van der Waals surface area contributed by atoms with E-state index in [0.29, 0.717) is 5.56 Å². The van der Waals surface area contributed by atoms with Crippen molar-refractivity contribution in [2.75, 3.05) is 12.0 Å². The van der Waals surface area contributed by atoms with Crippen LogP contribution in [0.1, 0.15) is 18.4 Å². The first-order valence-electron chi connectivity index (χ1n) is 5.47. The van der Waals surface area contributed by atoms with Crippen LogP contribution >= 0.6 is 0 Å². The third kappa shape index (κ3) is 2.84. The molecular weight excluding hydrogens is 243 g/mol. The predicted molar refractivity (Wildman–Crippen MR) is 62.7 cm³/mol. The largest absolute Gasteiger partial charge is 0.384 e. The van der Waals surface area contributed by atoms with Crippen molar-refractivity contribution in [1.82, 2.24) is 0 Å². The lowest BCUT2D eigenvalue weighted by molar-refractivity contribution is 0.0366. The number of aliphatic hydroxyl groups is 1. The van der Waals surface area contributed by atoms with Crippen LogP contribution in [-0.4, -0.2) is 25.5 Å². The van der Waals surface area contributed by atoms with Gasteiger partial charge in [-0.25, -0.2) is 12.8 Å². The molecule has 1 atom stereocenters. The topological polar surface area (TPSA) is 54.4 Å². The van der Waals surface area contributed by atoms with Gasteiger partial charge in [0.25, 0.3) is 0 Å². The van der Waals surface area contributed by atoms with E-state index in [2.05, 4.69) is 0 Å². The number of hydrogen-bond donors (Lipinski definition) is 1. The molecule has 0 saturated heterocycles. The Bertz CT molecular complexity index is 505. The molecule has 0 heterocycles. The summed E-state index contributed by atoms with van der Waals surface area (Å²) in [5.41, 5.74) is -0.895.